The minimum absolute atomic E-state index is 0.317. The highest BCUT2D eigenvalue weighted by molar-refractivity contribution is 6.57. The molecule has 0 amide bonds. The average molecular weight is 156 g/mol. The Morgan fingerprint density at radius 3 is 2.10 bits per heavy atom. The van der Waals surface area contributed by atoms with Gasteiger partial charge in [0.15, 0.2) is 0 Å². The lowest BCUT2D eigenvalue weighted by atomic mass is 10.2. The first-order valence-electron chi connectivity index (χ1n) is 4.72. The summed E-state index contributed by atoms with van der Waals surface area (Å²) in [6, 6.07) is 0. The van der Waals surface area contributed by atoms with Gasteiger partial charge in [0.25, 0.3) is 14.1 Å². The molecule has 0 aliphatic heterocycles. The first kappa shape index (κ1) is 10.5. The van der Waals surface area contributed by atoms with Crippen LogP contribution in [0.4, 0.5) is 0 Å². The van der Waals surface area contributed by atoms with Crippen LogP contribution in [-0.4, -0.2) is 14.1 Å². The standard InChI is InChI=1S/C7H15.2CH3.Al/c1-3-5-7-6-4-2;;;/h5H,3-4,6-7H2,1-2H3;2*1H3;. The summed E-state index contributed by atoms with van der Waals surface area (Å²) in [5.41, 5.74) is 0. The van der Waals surface area contributed by atoms with Gasteiger partial charge in [-0.05, 0) is 0 Å². The SMILES string of the molecule is CCCC[CH](CC)[Al]([CH3])[CH3]. The minimum atomic E-state index is -0.317. The topological polar surface area (TPSA) is 0 Å². The van der Waals surface area contributed by atoms with Gasteiger partial charge >= 0.3 is 0 Å². The van der Waals surface area contributed by atoms with E-state index in [1.54, 1.807) is 0 Å². The van der Waals surface area contributed by atoms with Gasteiger partial charge in [0, 0.05) is 0 Å². The highest BCUT2D eigenvalue weighted by Crippen LogP contribution is 2.21. The lowest BCUT2D eigenvalue weighted by Crippen LogP contribution is -2.10. The largest absolute Gasteiger partial charge is 0.258 e. The Labute approximate surface area is 70.4 Å². The zero-order valence-corrected chi connectivity index (χ0v) is 9.14. The molecule has 0 saturated carbocycles. The number of unbranched alkanes of at least 4 members (excludes halogenated alkanes) is 1. The predicted molar refractivity (Wildman–Crippen MR) is 51.0 cm³/mol. The highest BCUT2D eigenvalue weighted by Gasteiger charge is 2.14. The van der Waals surface area contributed by atoms with Crippen LogP contribution in [0.15, 0.2) is 0 Å². The summed E-state index contributed by atoms with van der Waals surface area (Å²) in [6.45, 7) is 4.63. The van der Waals surface area contributed by atoms with E-state index in [-0.39, 0.29) is 14.1 Å². The van der Waals surface area contributed by atoms with Crippen LogP contribution in [0.3, 0.4) is 0 Å². The summed E-state index contributed by atoms with van der Waals surface area (Å²) in [5.74, 6) is 4.95. The highest BCUT2D eigenvalue weighted by atomic mass is 27.2. The van der Waals surface area contributed by atoms with E-state index in [0.29, 0.717) is 0 Å². The molecule has 0 fully saturated rings. The molecule has 10 heavy (non-hydrogen) atoms. The molecule has 0 nitrogen and oxygen atoms in total. The third-order valence-electron chi connectivity index (χ3n) is 2.40. The fraction of sp³-hybridized carbons (Fsp3) is 1.00. The zero-order valence-electron chi connectivity index (χ0n) is 7.98. The van der Waals surface area contributed by atoms with Crippen molar-refractivity contribution in [1.82, 2.24) is 0 Å². The molecule has 1 atom stereocenters. The molecule has 1 unspecified atom stereocenters. The summed E-state index contributed by atoms with van der Waals surface area (Å²) < 4.78 is 1.11. The first-order valence-corrected chi connectivity index (χ1v) is 7.69. The lowest BCUT2D eigenvalue weighted by molar-refractivity contribution is 0.645. The van der Waals surface area contributed by atoms with Crippen molar-refractivity contribution in [3.63, 3.8) is 0 Å². The Hall–Kier alpha value is 0.532. The van der Waals surface area contributed by atoms with Gasteiger partial charge in [0.2, 0.25) is 0 Å². The Bertz CT molecular complexity index is 69.1. The third-order valence-corrected chi connectivity index (χ3v) is 5.09. The fourth-order valence-corrected chi connectivity index (χ4v) is 3.32. The van der Waals surface area contributed by atoms with Crippen molar-refractivity contribution in [2.75, 3.05) is 0 Å². The van der Waals surface area contributed by atoms with Gasteiger partial charge in [0.05, 0.1) is 0 Å². The van der Waals surface area contributed by atoms with Gasteiger partial charge < -0.3 is 0 Å². The monoisotopic (exact) mass is 156 g/mol. The maximum absolute atomic E-state index is 2.48. The summed E-state index contributed by atoms with van der Waals surface area (Å²) in [5, 5.41) is 0. The molecule has 1 heteroatoms. The normalized spacial score (nSPS) is 13.2. The van der Waals surface area contributed by atoms with Crippen LogP contribution in [-0.2, 0) is 0 Å². The summed E-state index contributed by atoms with van der Waals surface area (Å²) in [7, 11) is 0. The van der Waals surface area contributed by atoms with E-state index in [2.05, 4.69) is 25.4 Å². The van der Waals surface area contributed by atoms with Crippen LogP contribution < -0.4 is 0 Å². The average Bonchev–Trinajstić information content (AvgIpc) is 1.89. The van der Waals surface area contributed by atoms with Gasteiger partial charge in [-0.1, -0.05) is 44.3 Å². The van der Waals surface area contributed by atoms with Crippen LogP contribution in [0, 0.1) is 0 Å². The molecule has 0 N–H and O–H groups in total. The zero-order chi connectivity index (χ0) is 7.98. The predicted octanol–water partition coefficient (Wildman–Crippen LogP) is 3.71. The van der Waals surface area contributed by atoms with Crippen molar-refractivity contribution in [3.05, 3.63) is 0 Å². The van der Waals surface area contributed by atoms with Crippen molar-refractivity contribution in [2.45, 2.75) is 55.9 Å². The van der Waals surface area contributed by atoms with E-state index in [1.807, 2.05) is 0 Å². The van der Waals surface area contributed by atoms with E-state index < -0.39 is 0 Å². The minimum Gasteiger partial charge on any atom is -0.106 e. The Morgan fingerprint density at radius 1 is 1.20 bits per heavy atom. The molecule has 0 aliphatic rings. The van der Waals surface area contributed by atoms with Gasteiger partial charge in [-0.2, -0.15) is 0 Å². The second-order valence-corrected chi connectivity index (χ2v) is 6.99. The smallest absolute Gasteiger partial charge is 0.106 e. The van der Waals surface area contributed by atoms with Crippen LogP contribution >= 0.6 is 0 Å². The molecule has 60 valence electrons. The lowest BCUT2D eigenvalue weighted by Gasteiger charge is -2.14. The maximum Gasteiger partial charge on any atom is 0.258 e. The molecule has 0 saturated heterocycles. The van der Waals surface area contributed by atoms with Crippen molar-refractivity contribution in [2.24, 2.45) is 0 Å². The molecular formula is C9H21Al. The Morgan fingerprint density at radius 2 is 1.80 bits per heavy atom. The third kappa shape index (κ3) is 4.36. The van der Waals surface area contributed by atoms with E-state index >= 15 is 0 Å². The molecule has 0 heterocycles. The van der Waals surface area contributed by atoms with Crippen LogP contribution in [0.2, 0.25) is 16.4 Å². The maximum atomic E-state index is 2.48. The van der Waals surface area contributed by atoms with Crippen LogP contribution in [0.1, 0.15) is 39.5 Å². The quantitative estimate of drug-likeness (QED) is 0.532. The van der Waals surface area contributed by atoms with Crippen molar-refractivity contribution >= 4 is 14.1 Å². The second-order valence-electron chi connectivity index (χ2n) is 3.55. The number of rotatable bonds is 5. The molecule has 0 spiro atoms. The van der Waals surface area contributed by atoms with E-state index in [0.717, 1.165) is 4.78 Å². The summed E-state index contributed by atoms with van der Waals surface area (Å²) in [6.07, 6.45) is 5.74. The van der Waals surface area contributed by atoms with E-state index in [1.165, 1.54) is 25.7 Å². The fourth-order valence-electron chi connectivity index (χ4n) is 1.48. The number of hydrogen-bond donors (Lipinski definition) is 0. The molecule has 0 aliphatic carbocycles. The molecule has 0 aromatic heterocycles. The van der Waals surface area contributed by atoms with E-state index in [4.69, 9.17) is 0 Å². The van der Waals surface area contributed by atoms with Gasteiger partial charge in [-0.25, -0.2) is 0 Å². The molecule has 0 bridgehead atoms. The first-order chi connectivity index (χ1) is 4.72. The summed E-state index contributed by atoms with van der Waals surface area (Å²) in [4.78, 5) is 0. The van der Waals surface area contributed by atoms with Crippen molar-refractivity contribution in [3.8, 4) is 0 Å². The second kappa shape index (κ2) is 6.26. The Kier molecular flexibility index (Phi) is 6.59. The van der Waals surface area contributed by atoms with Crippen LogP contribution in [0.25, 0.3) is 0 Å². The van der Waals surface area contributed by atoms with Crippen LogP contribution in [0.5, 0.6) is 0 Å². The molecule has 0 rings (SSSR count). The molecule has 0 radical (unpaired) electrons. The summed E-state index contributed by atoms with van der Waals surface area (Å²) >= 11 is -0.317. The molecule has 0 aromatic rings. The van der Waals surface area contributed by atoms with Gasteiger partial charge in [-0.3, -0.25) is 0 Å². The van der Waals surface area contributed by atoms with Gasteiger partial charge in [0.1, 0.15) is 0 Å². The van der Waals surface area contributed by atoms with Gasteiger partial charge in [-0.15, -0.1) is 11.6 Å². The van der Waals surface area contributed by atoms with Crippen molar-refractivity contribution < 1.29 is 0 Å². The Balaban J connectivity index is 3.40. The number of hydrogen-bond acceptors (Lipinski definition) is 0. The van der Waals surface area contributed by atoms with E-state index in [9.17, 15) is 0 Å². The molecular weight excluding hydrogens is 135 g/mol. The van der Waals surface area contributed by atoms with Crippen molar-refractivity contribution in [1.29, 1.82) is 0 Å². The molecule has 0 aromatic carbocycles.